The van der Waals surface area contributed by atoms with E-state index in [1.165, 1.54) is 12.8 Å². The van der Waals surface area contributed by atoms with E-state index in [1.54, 1.807) is 0 Å². The van der Waals surface area contributed by atoms with Gasteiger partial charge in [-0.1, -0.05) is 18.2 Å². The van der Waals surface area contributed by atoms with Crippen LogP contribution >= 0.6 is 0 Å². The molecule has 1 fully saturated rings. The molecule has 4 nitrogen and oxygen atoms in total. The topological polar surface area (TPSA) is 50.7 Å². The molecule has 4 heteroatoms. The minimum atomic E-state index is -0.228. The van der Waals surface area contributed by atoms with Crippen molar-refractivity contribution >= 4 is 11.6 Å². The quantitative estimate of drug-likeness (QED) is 0.623. The molecule has 1 aromatic carbocycles. The van der Waals surface area contributed by atoms with Gasteiger partial charge in [-0.05, 0) is 37.8 Å². The van der Waals surface area contributed by atoms with E-state index in [0.717, 1.165) is 5.71 Å². The van der Waals surface area contributed by atoms with Crippen molar-refractivity contribution in [1.29, 1.82) is 0 Å². The van der Waals surface area contributed by atoms with Gasteiger partial charge in [0.2, 0.25) is 0 Å². The number of hydrogen-bond donors (Lipinski definition) is 1. The second-order valence-corrected chi connectivity index (χ2v) is 4.16. The lowest BCUT2D eigenvalue weighted by molar-refractivity contribution is -0.123. The van der Waals surface area contributed by atoms with Gasteiger partial charge in [-0.15, -0.1) is 0 Å². The number of nitrogens with one attached hydrogen (secondary N) is 1. The van der Waals surface area contributed by atoms with Gasteiger partial charge in [0.25, 0.3) is 5.91 Å². The van der Waals surface area contributed by atoms with E-state index in [0.29, 0.717) is 11.7 Å². The number of hydrogen-bond acceptors (Lipinski definition) is 3. The molecule has 0 atom stereocenters. The summed E-state index contributed by atoms with van der Waals surface area (Å²) in [5.74, 6) is 1.03. The second-order valence-electron chi connectivity index (χ2n) is 4.16. The molecular weight excluding hydrogens is 216 g/mol. The Bertz CT molecular complexity index is 411. The maximum atomic E-state index is 11.4. The fourth-order valence-corrected chi connectivity index (χ4v) is 1.44. The molecule has 0 spiro atoms. The van der Waals surface area contributed by atoms with Crippen molar-refractivity contribution < 1.29 is 9.53 Å². The van der Waals surface area contributed by atoms with Crippen molar-refractivity contribution in [2.24, 2.45) is 11.0 Å². The van der Waals surface area contributed by atoms with Crippen molar-refractivity contribution in [1.82, 2.24) is 5.43 Å². The molecule has 1 aliphatic rings. The van der Waals surface area contributed by atoms with Gasteiger partial charge in [-0.3, -0.25) is 4.79 Å². The Morgan fingerprint density at radius 3 is 2.76 bits per heavy atom. The molecule has 17 heavy (non-hydrogen) atoms. The van der Waals surface area contributed by atoms with Crippen LogP contribution in [0.25, 0.3) is 0 Å². The van der Waals surface area contributed by atoms with Crippen LogP contribution in [0.2, 0.25) is 0 Å². The third-order valence-electron chi connectivity index (χ3n) is 2.64. The monoisotopic (exact) mass is 232 g/mol. The van der Waals surface area contributed by atoms with Gasteiger partial charge in [-0.2, -0.15) is 5.10 Å². The van der Waals surface area contributed by atoms with Crippen LogP contribution in [0, 0.1) is 5.92 Å². The van der Waals surface area contributed by atoms with E-state index in [2.05, 4.69) is 10.5 Å². The van der Waals surface area contributed by atoms with Gasteiger partial charge in [0.1, 0.15) is 5.75 Å². The van der Waals surface area contributed by atoms with E-state index >= 15 is 0 Å². The summed E-state index contributed by atoms with van der Waals surface area (Å²) < 4.78 is 5.29. The van der Waals surface area contributed by atoms with Crippen LogP contribution < -0.4 is 10.2 Å². The van der Waals surface area contributed by atoms with Crippen LogP contribution in [-0.2, 0) is 4.79 Å². The number of carbonyl (C=O) groups is 1. The molecule has 90 valence electrons. The van der Waals surface area contributed by atoms with Gasteiger partial charge >= 0.3 is 0 Å². The van der Waals surface area contributed by atoms with Gasteiger partial charge in [0, 0.05) is 5.71 Å². The standard InChI is InChI=1S/C13H16N2O2/c1-10(11-7-8-11)14-15-13(16)9-17-12-5-3-2-4-6-12/h2-6,11H,7-9H2,1H3,(H,15,16)/b14-10+. The molecule has 1 saturated carbocycles. The first-order valence-corrected chi connectivity index (χ1v) is 5.76. The van der Waals surface area contributed by atoms with E-state index in [1.807, 2.05) is 37.3 Å². The summed E-state index contributed by atoms with van der Waals surface area (Å²) in [6, 6.07) is 9.25. The molecule has 0 aromatic heterocycles. The molecule has 1 aliphatic carbocycles. The Balaban J connectivity index is 1.72. The summed E-state index contributed by atoms with van der Waals surface area (Å²) >= 11 is 0. The average Bonchev–Trinajstić information content (AvgIpc) is 3.19. The zero-order valence-electron chi connectivity index (χ0n) is 9.85. The third kappa shape index (κ3) is 3.90. The first-order chi connectivity index (χ1) is 8.25. The number of ether oxygens (including phenoxy) is 1. The molecule has 0 unspecified atom stereocenters. The summed E-state index contributed by atoms with van der Waals surface area (Å²) in [4.78, 5) is 11.4. The molecular formula is C13H16N2O2. The number of carbonyl (C=O) groups excluding carboxylic acids is 1. The number of rotatable bonds is 5. The molecule has 0 saturated heterocycles. The van der Waals surface area contributed by atoms with Crippen LogP contribution in [0.4, 0.5) is 0 Å². The Morgan fingerprint density at radius 1 is 1.41 bits per heavy atom. The van der Waals surface area contributed by atoms with Crippen LogP contribution in [0.15, 0.2) is 35.4 Å². The number of nitrogens with zero attached hydrogens (tertiary/aromatic N) is 1. The fourth-order valence-electron chi connectivity index (χ4n) is 1.44. The first kappa shape index (κ1) is 11.6. The van der Waals surface area contributed by atoms with Gasteiger partial charge in [0.15, 0.2) is 6.61 Å². The van der Waals surface area contributed by atoms with Gasteiger partial charge < -0.3 is 4.74 Å². The Morgan fingerprint density at radius 2 is 2.12 bits per heavy atom. The molecule has 0 aliphatic heterocycles. The highest BCUT2D eigenvalue weighted by Crippen LogP contribution is 2.30. The molecule has 1 aromatic rings. The number of hydrazone groups is 1. The molecule has 0 bridgehead atoms. The lowest BCUT2D eigenvalue weighted by Gasteiger charge is -2.04. The van der Waals surface area contributed by atoms with E-state index in [4.69, 9.17) is 4.74 Å². The van der Waals surface area contributed by atoms with Gasteiger partial charge in [-0.25, -0.2) is 5.43 Å². The van der Waals surface area contributed by atoms with Crippen LogP contribution in [0.3, 0.4) is 0 Å². The van der Waals surface area contributed by atoms with Crippen LogP contribution in [-0.4, -0.2) is 18.2 Å². The Labute approximate surface area is 101 Å². The number of benzene rings is 1. The highest BCUT2D eigenvalue weighted by molar-refractivity contribution is 5.88. The molecule has 0 radical (unpaired) electrons. The molecule has 1 amide bonds. The molecule has 2 rings (SSSR count). The fraction of sp³-hybridized carbons (Fsp3) is 0.385. The van der Waals surface area contributed by atoms with Crippen molar-refractivity contribution in [3.63, 3.8) is 0 Å². The smallest absolute Gasteiger partial charge is 0.277 e. The highest BCUT2D eigenvalue weighted by Gasteiger charge is 2.24. The van der Waals surface area contributed by atoms with Crippen molar-refractivity contribution in [2.75, 3.05) is 6.61 Å². The SMILES string of the molecule is C/C(=N\NC(=O)COc1ccccc1)C1CC1. The molecule has 1 N–H and O–H groups in total. The van der Waals surface area contributed by atoms with E-state index in [-0.39, 0.29) is 12.5 Å². The lowest BCUT2D eigenvalue weighted by Crippen LogP contribution is -2.25. The molecule has 0 heterocycles. The highest BCUT2D eigenvalue weighted by atomic mass is 16.5. The summed E-state index contributed by atoms with van der Waals surface area (Å²) in [6.45, 7) is 1.93. The predicted molar refractivity (Wildman–Crippen MR) is 65.9 cm³/mol. The average molecular weight is 232 g/mol. The predicted octanol–water partition coefficient (Wildman–Crippen LogP) is 1.97. The minimum absolute atomic E-state index is 0.00847. The zero-order chi connectivity index (χ0) is 12.1. The Hall–Kier alpha value is -1.84. The Kier molecular flexibility index (Phi) is 3.75. The number of para-hydroxylation sites is 1. The van der Waals surface area contributed by atoms with Crippen LogP contribution in [0.1, 0.15) is 19.8 Å². The largest absolute Gasteiger partial charge is 0.484 e. The maximum absolute atomic E-state index is 11.4. The second kappa shape index (κ2) is 5.48. The van der Waals surface area contributed by atoms with Crippen molar-refractivity contribution in [2.45, 2.75) is 19.8 Å². The number of amides is 1. The normalized spacial score (nSPS) is 15.5. The van der Waals surface area contributed by atoms with Gasteiger partial charge in [0.05, 0.1) is 0 Å². The summed E-state index contributed by atoms with van der Waals surface area (Å²) in [7, 11) is 0. The maximum Gasteiger partial charge on any atom is 0.277 e. The lowest BCUT2D eigenvalue weighted by atomic mass is 10.3. The third-order valence-corrected chi connectivity index (χ3v) is 2.64. The van der Waals surface area contributed by atoms with E-state index in [9.17, 15) is 4.79 Å². The van der Waals surface area contributed by atoms with E-state index < -0.39 is 0 Å². The van der Waals surface area contributed by atoms with Crippen molar-refractivity contribution in [3.8, 4) is 5.75 Å². The summed E-state index contributed by atoms with van der Waals surface area (Å²) in [6.07, 6.45) is 2.37. The summed E-state index contributed by atoms with van der Waals surface area (Å²) in [5, 5.41) is 4.04. The van der Waals surface area contributed by atoms with Crippen molar-refractivity contribution in [3.05, 3.63) is 30.3 Å². The zero-order valence-corrected chi connectivity index (χ0v) is 9.85. The van der Waals surface area contributed by atoms with Crippen LogP contribution in [0.5, 0.6) is 5.75 Å². The summed E-state index contributed by atoms with van der Waals surface area (Å²) in [5.41, 5.74) is 3.50. The minimum Gasteiger partial charge on any atom is -0.484 e. The first-order valence-electron chi connectivity index (χ1n) is 5.76.